The van der Waals surface area contributed by atoms with Gasteiger partial charge in [-0.25, -0.2) is 9.13 Å². The van der Waals surface area contributed by atoms with Crippen LogP contribution in [0.25, 0.3) is 0 Å². The molecule has 0 spiro atoms. The number of hydrogen-bond donors (Lipinski definition) is 3. The van der Waals surface area contributed by atoms with E-state index in [1.165, 1.54) is 154 Å². The molecule has 0 saturated carbocycles. The third kappa shape index (κ3) is 76.4. The molecule has 0 rings (SSSR count). The van der Waals surface area contributed by atoms with Crippen LogP contribution in [0.5, 0.6) is 0 Å². The zero-order valence-corrected chi connectivity index (χ0v) is 68.0. The second-order valence-electron chi connectivity index (χ2n) is 28.1. The van der Waals surface area contributed by atoms with Crippen molar-refractivity contribution in [2.45, 2.75) is 393 Å². The number of unbranched alkanes of at least 4 members (excludes halogenated alkanes) is 39. The van der Waals surface area contributed by atoms with E-state index in [4.69, 9.17) is 37.0 Å². The monoisotopic (exact) mass is 1510 g/mol. The lowest BCUT2D eigenvalue weighted by molar-refractivity contribution is -0.161. The average molecular weight is 1510 g/mol. The summed E-state index contributed by atoms with van der Waals surface area (Å²) in [5.74, 6) is -2.26. The maximum Gasteiger partial charge on any atom is 0.472 e. The Bertz CT molecular complexity index is 2300. The van der Waals surface area contributed by atoms with Crippen LogP contribution in [0.4, 0.5) is 0 Å². The predicted molar refractivity (Wildman–Crippen MR) is 427 cm³/mol. The Kier molecular flexibility index (Phi) is 74.6. The van der Waals surface area contributed by atoms with E-state index in [2.05, 4.69) is 94.5 Å². The van der Waals surface area contributed by atoms with Crippen molar-refractivity contribution in [3.63, 3.8) is 0 Å². The molecule has 104 heavy (non-hydrogen) atoms. The SMILES string of the molecule is CCCCC/C=C\C/C=C\C/C=C\C/C=C\C/C=C\CCC(=O)O[C@H](COC(=O)CCCCCCC/C=C\CCCCCCCC)COP(=O)(O)OC[C@@H](O)COP(=O)(O)OC[C@@H](COC(=O)CCCCCCCCCCCCCCCCC)OC(=O)CCCCCCCCC/C=C\CCCCCC. The van der Waals surface area contributed by atoms with E-state index in [0.717, 1.165) is 135 Å². The Labute approximate surface area is 634 Å². The van der Waals surface area contributed by atoms with Crippen LogP contribution in [0, 0.1) is 0 Å². The van der Waals surface area contributed by atoms with Gasteiger partial charge in [-0.1, -0.05) is 318 Å². The molecule has 2 unspecified atom stereocenters. The van der Waals surface area contributed by atoms with Crippen molar-refractivity contribution in [3.05, 3.63) is 85.1 Å². The van der Waals surface area contributed by atoms with E-state index >= 15 is 0 Å². The fraction of sp³-hybridized carbons (Fsp3) is 0.788. The normalized spacial score (nSPS) is 14.3. The van der Waals surface area contributed by atoms with Gasteiger partial charge in [0.25, 0.3) is 0 Å². The number of esters is 4. The molecule has 0 aromatic carbocycles. The molecule has 0 saturated heterocycles. The Morgan fingerprint density at radius 3 is 0.817 bits per heavy atom. The Balaban J connectivity index is 5.41. The zero-order valence-electron chi connectivity index (χ0n) is 66.2. The number of allylic oxidation sites excluding steroid dienone is 14. The fourth-order valence-electron chi connectivity index (χ4n) is 11.4. The van der Waals surface area contributed by atoms with Gasteiger partial charge < -0.3 is 33.8 Å². The summed E-state index contributed by atoms with van der Waals surface area (Å²) < 4.78 is 68.6. The van der Waals surface area contributed by atoms with Gasteiger partial charge in [0, 0.05) is 25.7 Å². The molecule has 0 aliphatic heterocycles. The van der Waals surface area contributed by atoms with Gasteiger partial charge in [-0.2, -0.15) is 0 Å². The van der Waals surface area contributed by atoms with E-state index in [-0.39, 0.29) is 25.7 Å². The molecule has 0 amide bonds. The number of ether oxygens (including phenoxy) is 4. The van der Waals surface area contributed by atoms with Crippen LogP contribution in [0.1, 0.15) is 374 Å². The van der Waals surface area contributed by atoms with Gasteiger partial charge in [-0.05, 0) is 116 Å². The highest BCUT2D eigenvalue weighted by Crippen LogP contribution is 2.45. The summed E-state index contributed by atoms with van der Waals surface area (Å²) in [5.41, 5.74) is 0. The second kappa shape index (κ2) is 77.4. The minimum Gasteiger partial charge on any atom is -0.462 e. The highest BCUT2D eigenvalue weighted by Gasteiger charge is 2.30. The summed E-state index contributed by atoms with van der Waals surface area (Å²) in [5, 5.41) is 10.7. The van der Waals surface area contributed by atoms with Crippen LogP contribution in [0.3, 0.4) is 0 Å². The van der Waals surface area contributed by atoms with E-state index in [1.807, 2.05) is 18.2 Å². The molecular formula is C85H152O17P2. The molecular weight excluding hydrogens is 1350 g/mol. The molecule has 17 nitrogen and oxygen atoms in total. The van der Waals surface area contributed by atoms with Crippen LogP contribution in [0.15, 0.2) is 85.1 Å². The Morgan fingerprint density at radius 1 is 0.269 bits per heavy atom. The van der Waals surface area contributed by atoms with Crippen molar-refractivity contribution >= 4 is 39.5 Å². The van der Waals surface area contributed by atoms with Gasteiger partial charge in [0.15, 0.2) is 12.2 Å². The van der Waals surface area contributed by atoms with Crippen molar-refractivity contribution in [2.75, 3.05) is 39.6 Å². The first kappa shape index (κ1) is 100. The number of phosphoric ester groups is 2. The Morgan fingerprint density at radius 2 is 0.490 bits per heavy atom. The van der Waals surface area contributed by atoms with E-state index in [9.17, 15) is 43.2 Å². The van der Waals surface area contributed by atoms with Crippen molar-refractivity contribution < 1.29 is 80.2 Å². The zero-order chi connectivity index (χ0) is 76.0. The van der Waals surface area contributed by atoms with Gasteiger partial charge in [0.2, 0.25) is 0 Å². The van der Waals surface area contributed by atoms with E-state index < -0.39 is 97.5 Å². The molecule has 0 bridgehead atoms. The summed E-state index contributed by atoms with van der Waals surface area (Å²) >= 11 is 0. The van der Waals surface area contributed by atoms with Gasteiger partial charge in [0.1, 0.15) is 19.3 Å². The first-order valence-electron chi connectivity index (χ1n) is 41.8. The number of rotatable bonds is 79. The molecule has 5 atom stereocenters. The summed E-state index contributed by atoms with van der Waals surface area (Å²) in [6.07, 6.45) is 81.3. The molecule has 0 aliphatic carbocycles. The van der Waals surface area contributed by atoms with Crippen LogP contribution < -0.4 is 0 Å². The standard InChI is InChI=1S/C85H152O17P2/c1-5-9-13-17-21-25-29-33-37-38-39-40-44-48-52-56-60-64-68-72-85(90)102-81(76-96-83(88)70-66-62-58-54-50-46-42-35-31-27-23-19-15-11-7-3)78-100-104(93,94)98-74-79(86)73-97-103(91,92)99-77-80(101-84(89)71-67-63-59-55-51-47-43-36-32-28-24-20-16-12-8-4)75-95-82(87)69-65-61-57-53-49-45-41-34-30-26-22-18-14-10-6-2/h21,25,28,32-33,35,37,39-40,42,48,52,60,64,79-81,86H,5-20,22-24,26-27,29-31,34,36,38,41,43-47,49-51,53-59,61-63,65-78H2,1-4H3,(H,91,92)(H,93,94)/b25-21-,32-28-,37-33-,40-39-,42-35-,52-48-,64-60-/t79-,80+,81+/m0/s1. The highest BCUT2D eigenvalue weighted by molar-refractivity contribution is 7.47. The third-order valence-electron chi connectivity index (χ3n) is 17.8. The number of aliphatic hydroxyl groups is 1. The average Bonchev–Trinajstić information content (AvgIpc) is 0.943. The van der Waals surface area contributed by atoms with Gasteiger partial charge in [-0.3, -0.25) is 37.3 Å². The van der Waals surface area contributed by atoms with E-state index in [0.29, 0.717) is 32.1 Å². The summed E-state index contributed by atoms with van der Waals surface area (Å²) in [6, 6.07) is 0. The van der Waals surface area contributed by atoms with Crippen LogP contribution in [-0.2, 0) is 65.4 Å². The minimum atomic E-state index is -5.00. The first-order chi connectivity index (χ1) is 50.7. The Hall–Kier alpha value is -3.76. The van der Waals surface area contributed by atoms with Crippen molar-refractivity contribution in [2.24, 2.45) is 0 Å². The lowest BCUT2D eigenvalue weighted by atomic mass is 10.0. The topological polar surface area (TPSA) is 237 Å². The quantitative estimate of drug-likeness (QED) is 0.0169. The van der Waals surface area contributed by atoms with Gasteiger partial charge in [-0.15, -0.1) is 0 Å². The molecule has 0 heterocycles. The maximum atomic E-state index is 13.1. The minimum absolute atomic E-state index is 0.0282. The van der Waals surface area contributed by atoms with Crippen molar-refractivity contribution in [1.29, 1.82) is 0 Å². The largest absolute Gasteiger partial charge is 0.472 e. The van der Waals surface area contributed by atoms with Gasteiger partial charge >= 0.3 is 39.5 Å². The molecule has 3 N–H and O–H groups in total. The number of phosphoric acid groups is 2. The van der Waals surface area contributed by atoms with E-state index in [1.54, 1.807) is 0 Å². The van der Waals surface area contributed by atoms with Crippen molar-refractivity contribution in [3.8, 4) is 0 Å². The summed E-state index contributed by atoms with van der Waals surface area (Å²) in [4.78, 5) is 73.1. The summed E-state index contributed by atoms with van der Waals surface area (Å²) in [6.45, 7) is 4.80. The molecule has 0 aliphatic rings. The number of aliphatic hydroxyl groups excluding tert-OH is 1. The highest BCUT2D eigenvalue weighted by atomic mass is 31.2. The number of hydrogen-bond acceptors (Lipinski definition) is 15. The fourth-order valence-corrected chi connectivity index (χ4v) is 13.0. The molecule has 0 aromatic heterocycles. The molecule has 19 heteroatoms. The maximum absolute atomic E-state index is 13.1. The third-order valence-corrected chi connectivity index (χ3v) is 19.7. The summed E-state index contributed by atoms with van der Waals surface area (Å²) in [7, 11) is -9.98. The molecule has 0 fully saturated rings. The second-order valence-corrected chi connectivity index (χ2v) is 31.0. The van der Waals surface area contributed by atoms with Gasteiger partial charge in [0.05, 0.1) is 26.4 Å². The molecule has 0 radical (unpaired) electrons. The first-order valence-corrected chi connectivity index (χ1v) is 44.8. The molecule has 0 aromatic rings. The lowest BCUT2D eigenvalue weighted by Crippen LogP contribution is -2.30. The van der Waals surface area contributed by atoms with Crippen LogP contribution in [0.2, 0.25) is 0 Å². The molecule has 604 valence electrons. The lowest BCUT2D eigenvalue weighted by Gasteiger charge is -2.21. The van der Waals surface area contributed by atoms with Crippen LogP contribution in [-0.4, -0.2) is 96.7 Å². The number of carbonyl (C=O) groups excluding carboxylic acids is 4. The number of carbonyl (C=O) groups is 4. The predicted octanol–water partition coefficient (Wildman–Crippen LogP) is 24.6. The van der Waals surface area contributed by atoms with Crippen LogP contribution >= 0.6 is 15.6 Å². The van der Waals surface area contributed by atoms with Crippen molar-refractivity contribution in [1.82, 2.24) is 0 Å². The smallest absolute Gasteiger partial charge is 0.462 e.